The van der Waals surface area contributed by atoms with Crippen LogP contribution in [0.25, 0.3) is 0 Å². The molecule has 0 spiro atoms. The highest BCUT2D eigenvalue weighted by atomic mass is 32.1. The van der Waals surface area contributed by atoms with E-state index in [1.54, 1.807) is 4.90 Å². The smallest absolute Gasteiger partial charge is 0.383 e. The number of carbonyl (C=O) groups excluding carboxylic acids is 1. The SMILES string of the molecule is CCc1ccsc1C(=O)N1CCC(C(O)C(F)(F)F)CC1. The lowest BCUT2D eigenvalue weighted by Gasteiger charge is -2.34. The second-order valence-corrected chi connectivity index (χ2v) is 6.16. The fourth-order valence-electron chi connectivity index (χ4n) is 2.63. The van der Waals surface area contributed by atoms with Gasteiger partial charge in [0.1, 0.15) is 0 Å². The molecule has 1 aromatic heterocycles. The van der Waals surface area contributed by atoms with Gasteiger partial charge in [-0.1, -0.05) is 6.92 Å². The van der Waals surface area contributed by atoms with Gasteiger partial charge >= 0.3 is 6.18 Å². The van der Waals surface area contributed by atoms with Gasteiger partial charge in [-0.3, -0.25) is 4.79 Å². The molecule has 0 aromatic carbocycles. The van der Waals surface area contributed by atoms with Crippen LogP contribution in [0, 0.1) is 5.92 Å². The topological polar surface area (TPSA) is 40.5 Å². The summed E-state index contributed by atoms with van der Waals surface area (Å²) in [7, 11) is 0. The number of aryl methyl sites for hydroxylation is 1. The van der Waals surface area contributed by atoms with Crippen LogP contribution in [0.1, 0.15) is 35.0 Å². The summed E-state index contributed by atoms with van der Waals surface area (Å²) in [6.45, 7) is 2.49. The van der Waals surface area contributed by atoms with Gasteiger partial charge in [-0.2, -0.15) is 13.2 Å². The molecule has 1 unspecified atom stereocenters. The second-order valence-electron chi connectivity index (χ2n) is 5.24. The van der Waals surface area contributed by atoms with Gasteiger partial charge in [0.05, 0.1) is 4.88 Å². The summed E-state index contributed by atoms with van der Waals surface area (Å²) in [5.74, 6) is -0.926. The van der Waals surface area contributed by atoms with Gasteiger partial charge in [0, 0.05) is 13.1 Å². The molecule has 1 aliphatic heterocycles. The van der Waals surface area contributed by atoms with E-state index in [0.717, 1.165) is 12.0 Å². The van der Waals surface area contributed by atoms with Crippen LogP contribution in [0.15, 0.2) is 11.4 Å². The Kier molecular flexibility index (Phi) is 4.93. The van der Waals surface area contributed by atoms with Crippen molar-refractivity contribution >= 4 is 17.2 Å². The average Bonchev–Trinajstić information content (AvgIpc) is 2.93. The standard InChI is InChI=1S/C14H18F3NO2S/c1-2-9-5-8-21-11(9)13(20)18-6-3-10(4-7-18)12(19)14(15,16)17/h5,8,10,12,19H,2-4,6-7H2,1H3. The van der Waals surface area contributed by atoms with Gasteiger partial charge < -0.3 is 10.0 Å². The summed E-state index contributed by atoms with van der Waals surface area (Å²) >= 11 is 1.37. The number of rotatable bonds is 3. The van der Waals surface area contributed by atoms with Gasteiger partial charge in [-0.05, 0) is 42.2 Å². The highest BCUT2D eigenvalue weighted by Gasteiger charge is 2.44. The zero-order chi connectivity index (χ0) is 15.6. The Bertz CT molecular complexity index is 493. The number of aliphatic hydroxyl groups excluding tert-OH is 1. The molecule has 2 heterocycles. The molecule has 0 radical (unpaired) electrons. The van der Waals surface area contributed by atoms with E-state index in [9.17, 15) is 23.1 Å². The number of amides is 1. The van der Waals surface area contributed by atoms with E-state index in [2.05, 4.69) is 0 Å². The minimum atomic E-state index is -4.58. The van der Waals surface area contributed by atoms with Crippen molar-refractivity contribution < 1.29 is 23.1 Å². The quantitative estimate of drug-likeness (QED) is 0.929. The molecule has 21 heavy (non-hydrogen) atoms. The van der Waals surface area contributed by atoms with Crippen LogP contribution < -0.4 is 0 Å². The number of likely N-dealkylation sites (tertiary alicyclic amines) is 1. The van der Waals surface area contributed by atoms with Crippen molar-refractivity contribution in [2.75, 3.05) is 13.1 Å². The summed E-state index contributed by atoms with van der Waals surface area (Å²) in [6, 6.07) is 1.90. The van der Waals surface area contributed by atoms with Crippen molar-refractivity contribution in [3.05, 3.63) is 21.9 Å². The molecule has 0 saturated carbocycles. The van der Waals surface area contributed by atoms with E-state index < -0.39 is 18.2 Å². The highest BCUT2D eigenvalue weighted by Crippen LogP contribution is 2.32. The van der Waals surface area contributed by atoms with Crippen LogP contribution in [-0.2, 0) is 6.42 Å². The summed E-state index contributed by atoms with van der Waals surface area (Å²) < 4.78 is 37.4. The maximum atomic E-state index is 12.5. The molecule has 1 N–H and O–H groups in total. The lowest BCUT2D eigenvalue weighted by Crippen LogP contribution is -2.45. The van der Waals surface area contributed by atoms with Crippen molar-refractivity contribution in [3.63, 3.8) is 0 Å². The monoisotopic (exact) mass is 321 g/mol. The zero-order valence-electron chi connectivity index (χ0n) is 11.7. The third-order valence-electron chi connectivity index (χ3n) is 3.93. The van der Waals surface area contributed by atoms with Crippen LogP contribution in [0.2, 0.25) is 0 Å². The first-order valence-corrected chi connectivity index (χ1v) is 7.83. The minimum Gasteiger partial charge on any atom is -0.383 e. The largest absolute Gasteiger partial charge is 0.414 e. The molecule has 1 atom stereocenters. The summed E-state index contributed by atoms with van der Waals surface area (Å²) in [5, 5.41) is 11.1. The van der Waals surface area contributed by atoms with Crippen LogP contribution in [0.4, 0.5) is 13.2 Å². The highest BCUT2D eigenvalue weighted by molar-refractivity contribution is 7.12. The predicted octanol–water partition coefficient (Wildman–Crippen LogP) is 3.09. The molecule has 1 aliphatic rings. The molecular weight excluding hydrogens is 303 g/mol. The Balaban J connectivity index is 1.97. The van der Waals surface area contributed by atoms with Crippen molar-refractivity contribution in [2.24, 2.45) is 5.92 Å². The van der Waals surface area contributed by atoms with E-state index in [1.165, 1.54) is 11.3 Å². The molecule has 3 nitrogen and oxygen atoms in total. The maximum absolute atomic E-state index is 12.5. The van der Waals surface area contributed by atoms with E-state index in [0.29, 0.717) is 4.88 Å². The fourth-order valence-corrected chi connectivity index (χ4v) is 3.59. The van der Waals surface area contributed by atoms with Crippen molar-refractivity contribution in [1.29, 1.82) is 0 Å². The third-order valence-corrected chi connectivity index (χ3v) is 4.88. The number of carbonyl (C=O) groups is 1. The van der Waals surface area contributed by atoms with Crippen molar-refractivity contribution in [1.82, 2.24) is 4.90 Å². The molecule has 118 valence electrons. The van der Waals surface area contributed by atoms with E-state index in [-0.39, 0.29) is 31.8 Å². The lowest BCUT2D eigenvalue weighted by molar-refractivity contribution is -0.222. The third kappa shape index (κ3) is 3.58. The number of alkyl halides is 3. The first-order chi connectivity index (χ1) is 9.84. The number of hydrogen-bond acceptors (Lipinski definition) is 3. The Morgan fingerprint density at radius 1 is 1.48 bits per heavy atom. The van der Waals surface area contributed by atoms with Crippen molar-refractivity contribution in [2.45, 2.75) is 38.5 Å². The van der Waals surface area contributed by atoms with Gasteiger partial charge in [-0.15, -0.1) is 11.3 Å². The minimum absolute atomic E-state index is 0.109. The number of thiophene rings is 1. The Labute approximate surface area is 125 Å². The Morgan fingerprint density at radius 3 is 2.62 bits per heavy atom. The van der Waals surface area contributed by atoms with Crippen molar-refractivity contribution in [3.8, 4) is 0 Å². The Morgan fingerprint density at radius 2 is 2.10 bits per heavy atom. The molecule has 1 fully saturated rings. The summed E-state index contributed by atoms with van der Waals surface area (Å²) in [6.07, 6.45) is -5.76. The van der Waals surface area contributed by atoms with Crippen LogP contribution in [-0.4, -0.2) is 41.3 Å². The van der Waals surface area contributed by atoms with Gasteiger partial charge in [-0.25, -0.2) is 0 Å². The van der Waals surface area contributed by atoms with Gasteiger partial charge in [0.15, 0.2) is 6.10 Å². The summed E-state index contributed by atoms with van der Waals surface area (Å²) in [4.78, 5) is 14.6. The molecular formula is C14H18F3NO2S. The molecule has 7 heteroatoms. The van der Waals surface area contributed by atoms with E-state index in [4.69, 9.17) is 0 Å². The lowest BCUT2D eigenvalue weighted by atomic mass is 9.90. The molecule has 1 aromatic rings. The molecule has 2 rings (SSSR count). The van der Waals surface area contributed by atoms with E-state index in [1.807, 2.05) is 18.4 Å². The molecule has 1 saturated heterocycles. The Hall–Kier alpha value is -1.08. The van der Waals surface area contributed by atoms with Crippen LogP contribution >= 0.6 is 11.3 Å². The maximum Gasteiger partial charge on any atom is 0.414 e. The number of halogens is 3. The second kappa shape index (κ2) is 6.36. The van der Waals surface area contributed by atoms with Gasteiger partial charge in [0.2, 0.25) is 0 Å². The van der Waals surface area contributed by atoms with Gasteiger partial charge in [0.25, 0.3) is 5.91 Å². The number of nitrogens with zero attached hydrogens (tertiary/aromatic N) is 1. The van der Waals surface area contributed by atoms with Crippen LogP contribution in [0.5, 0.6) is 0 Å². The average molecular weight is 321 g/mol. The predicted molar refractivity (Wildman–Crippen MR) is 74.4 cm³/mol. The zero-order valence-corrected chi connectivity index (χ0v) is 12.5. The molecule has 1 amide bonds. The number of piperidine rings is 1. The molecule has 0 aliphatic carbocycles. The van der Waals surface area contributed by atoms with E-state index >= 15 is 0 Å². The normalized spacial score (nSPS) is 18.8. The first kappa shape index (κ1) is 16.3. The first-order valence-electron chi connectivity index (χ1n) is 6.95. The fraction of sp³-hybridized carbons (Fsp3) is 0.643. The number of aliphatic hydroxyl groups is 1. The molecule has 0 bridgehead atoms. The summed E-state index contributed by atoms with van der Waals surface area (Å²) in [5.41, 5.74) is 0.974. The van der Waals surface area contributed by atoms with Crippen LogP contribution in [0.3, 0.4) is 0 Å². The number of hydrogen-bond donors (Lipinski definition) is 1.